The molecule has 0 heterocycles. The van der Waals surface area contributed by atoms with E-state index in [1.54, 1.807) is 7.11 Å². The molecule has 116 valence electrons. The molecule has 0 saturated carbocycles. The van der Waals surface area contributed by atoms with E-state index in [1.807, 2.05) is 49.4 Å². The van der Waals surface area contributed by atoms with Crippen molar-refractivity contribution in [3.63, 3.8) is 0 Å². The molecule has 2 aromatic carbocycles. The Morgan fingerprint density at radius 2 is 1.82 bits per heavy atom. The summed E-state index contributed by atoms with van der Waals surface area (Å²) in [6.07, 6.45) is 0. The molecule has 0 aliphatic heterocycles. The van der Waals surface area contributed by atoms with Crippen LogP contribution >= 0.6 is 22.6 Å². The van der Waals surface area contributed by atoms with Crippen LogP contribution in [0, 0.1) is 10.5 Å². The maximum absolute atomic E-state index is 12.1. The van der Waals surface area contributed by atoms with Crippen molar-refractivity contribution < 1.29 is 14.3 Å². The maximum Gasteiger partial charge on any atom is 0.252 e. The molecule has 0 unspecified atom stereocenters. The SMILES string of the molecule is COc1ccc(OCCNC(=O)c2cccc(C)c2I)cc1. The lowest BCUT2D eigenvalue weighted by atomic mass is 10.1. The standard InChI is InChI=1S/C17H18INO3/c1-12-4-3-5-15(16(12)18)17(20)19-10-11-22-14-8-6-13(21-2)7-9-14/h3-9H,10-11H2,1-2H3,(H,19,20). The average molecular weight is 411 g/mol. The number of carbonyl (C=O) groups excluding carboxylic acids is 1. The first kappa shape index (κ1) is 16.6. The lowest BCUT2D eigenvalue weighted by molar-refractivity contribution is 0.0946. The Morgan fingerprint density at radius 1 is 1.14 bits per heavy atom. The molecule has 22 heavy (non-hydrogen) atoms. The Kier molecular flexibility index (Phi) is 6.06. The van der Waals surface area contributed by atoms with Crippen LogP contribution in [-0.4, -0.2) is 26.2 Å². The Labute approximate surface area is 144 Å². The van der Waals surface area contributed by atoms with Crippen molar-refractivity contribution in [3.05, 3.63) is 57.2 Å². The number of amides is 1. The van der Waals surface area contributed by atoms with Crippen molar-refractivity contribution in [1.29, 1.82) is 0 Å². The quantitative estimate of drug-likeness (QED) is 0.586. The Bertz CT molecular complexity index is 641. The number of nitrogens with one attached hydrogen (secondary N) is 1. The largest absolute Gasteiger partial charge is 0.497 e. The minimum atomic E-state index is -0.0774. The highest BCUT2D eigenvalue weighted by molar-refractivity contribution is 14.1. The number of halogens is 1. The lowest BCUT2D eigenvalue weighted by Crippen LogP contribution is -2.28. The Hall–Kier alpha value is -1.76. The van der Waals surface area contributed by atoms with Crippen LogP contribution in [0.1, 0.15) is 15.9 Å². The lowest BCUT2D eigenvalue weighted by Gasteiger charge is -2.10. The van der Waals surface area contributed by atoms with E-state index in [2.05, 4.69) is 27.9 Å². The molecule has 1 N–H and O–H groups in total. The summed E-state index contributed by atoms with van der Waals surface area (Å²) in [5.74, 6) is 1.46. The van der Waals surface area contributed by atoms with Gasteiger partial charge in [0.1, 0.15) is 18.1 Å². The molecule has 0 bridgehead atoms. The van der Waals surface area contributed by atoms with Crippen LogP contribution in [0.3, 0.4) is 0 Å². The normalized spacial score (nSPS) is 10.1. The van der Waals surface area contributed by atoms with E-state index in [9.17, 15) is 4.79 Å². The molecule has 0 aromatic heterocycles. The molecule has 0 aliphatic carbocycles. The summed E-state index contributed by atoms with van der Waals surface area (Å²) in [7, 11) is 1.62. The number of hydrogen-bond acceptors (Lipinski definition) is 3. The van der Waals surface area contributed by atoms with Crippen LogP contribution in [-0.2, 0) is 0 Å². The molecular weight excluding hydrogens is 393 g/mol. The predicted octanol–water partition coefficient (Wildman–Crippen LogP) is 3.42. The Morgan fingerprint density at radius 3 is 2.50 bits per heavy atom. The van der Waals surface area contributed by atoms with E-state index < -0.39 is 0 Å². The zero-order valence-electron chi connectivity index (χ0n) is 12.6. The first-order valence-electron chi connectivity index (χ1n) is 6.92. The third kappa shape index (κ3) is 4.37. The fourth-order valence-corrected chi connectivity index (χ4v) is 2.53. The maximum atomic E-state index is 12.1. The van der Waals surface area contributed by atoms with Crippen LogP contribution in [0.2, 0.25) is 0 Å². The highest BCUT2D eigenvalue weighted by Crippen LogP contribution is 2.17. The monoisotopic (exact) mass is 411 g/mol. The molecule has 1 amide bonds. The number of carbonyl (C=O) groups is 1. The van der Waals surface area contributed by atoms with Gasteiger partial charge in [0.2, 0.25) is 0 Å². The van der Waals surface area contributed by atoms with Crippen molar-refractivity contribution in [2.75, 3.05) is 20.3 Å². The summed E-state index contributed by atoms with van der Waals surface area (Å²) in [4.78, 5) is 12.1. The van der Waals surface area contributed by atoms with Crippen molar-refractivity contribution >= 4 is 28.5 Å². The zero-order chi connectivity index (χ0) is 15.9. The van der Waals surface area contributed by atoms with Crippen molar-refractivity contribution in [3.8, 4) is 11.5 Å². The van der Waals surface area contributed by atoms with E-state index in [-0.39, 0.29) is 5.91 Å². The fourth-order valence-electron chi connectivity index (χ4n) is 1.92. The van der Waals surface area contributed by atoms with Crippen LogP contribution in [0.25, 0.3) is 0 Å². The average Bonchev–Trinajstić information content (AvgIpc) is 2.54. The zero-order valence-corrected chi connectivity index (χ0v) is 14.7. The first-order chi connectivity index (χ1) is 10.6. The van der Waals surface area contributed by atoms with Crippen LogP contribution in [0.15, 0.2) is 42.5 Å². The van der Waals surface area contributed by atoms with Gasteiger partial charge in [-0.3, -0.25) is 4.79 Å². The highest BCUT2D eigenvalue weighted by Gasteiger charge is 2.10. The summed E-state index contributed by atoms with van der Waals surface area (Å²) in [5.41, 5.74) is 1.80. The third-order valence-electron chi connectivity index (χ3n) is 3.15. The molecule has 0 radical (unpaired) electrons. The van der Waals surface area contributed by atoms with Crippen molar-refractivity contribution in [1.82, 2.24) is 5.32 Å². The molecule has 2 rings (SSSR count). The summed E-state index contributed by atoms with van der Waals surface area (Å²) >= 11 is 2.19. The Balaban J connectivity index is 1.80. The minimum Gasteiger partial charge on any atom is -0.497 e. The van der Waals surface area contributed by atoms with Gasteiger partial charge in [0.25, 0.3) is 5.91 Å². The summed E-state index contributed by atoms with van der Waals surface area (Å²) in [5, 5.41) is 2.87. The second-order valence-corrected chi connectivity index (χ2v) is 5.80. The molecule has 4 nitrogen and oxygen atoms in total. The second-order valence-electron chi connectivity index (χ2n) is 4.72. The van der Waals surface area contributed by atoms with Crippen molar-refractivity contribution in [2.45, 2.75) is 6.92 Å². The number of rotatable bonds is 6. The van der Waals surface area contributed by atoms with Gasteiger partial charge in [0.15, 0.2) is 0 Å². The van der Waals surface area contributed by atoms with Crippen LogP contribution in [0.4, 0.5) is 0 Å². The molecular formula is C17H18INO3. The van der Waals surface area contributed by atoms with Crippen LogP contribution in [0.5, 0.6) is 11.5 Å². The topological polar surface area (TPSA) is 47.6 Å². The second kappa shape index (κ2) is 8.03. The van der Waals surface area contributed by atoms with E-state index >= 15 is 0 Å². The number of ether oxygens (including phenoxy) is 2. The smallest absolute Gasteiger partial charge is 0.252 e. The fraction of sp³-hybridized carbons (Fsp3) is 0.235. The molecule has 0 aliphatic rings. The molecule has 0 atom stereocenters. The van der Waals surface area contributed by atoms with Gasteiger partial charge in [-0.2, -0.15) is 0 Å². The minimum absolute atomic E-state index is 0.0774. The first-order valence-corrected chi connectivity index (χ1v) is 8.00. The summed E-state index contributed by atoms with van der Waals surface area (Å²) < 4.78 is 11.6. The number of hydrogen-bond donors (Lipinski definition) is 1. The van der Waals surface area contributed by atoms with Gasteiger partial charge in [0.05, 0.1) is 19.2 Å². The van der Waals surface area contributed by atoms with Gasteiger partial charge in [-0.25, -0.2) is 0 Å². The third-order valence-corrected chi connectivity index (χ3v) is 4.58. The number of methoxy groups -OCH3 is 1. The number of aryl methyl sites for hydroxylation is 1. The van der Waals surface area contributed by atoms with Gasteiger partial charge in [-0.15, -0.1) is 0 Å². The van der Waals surface area contributed by atoms with Gasteiger partial charge in [0, 0.05) is 3.57 Å². The molecule has 0 fully saturated rings. The summed E-state index contributed by atoms with van der Waals surface area (Å²) in [6.45, 7) is 2.86. The van der Waals surface area contributed by atoms with E-state index in [0.717, 1.165) is 20.6 Å². The molecule has 0 spiro atoms. The van der Waals surface area contributed by atoms with Gasteiger partial charge < -0.3 is 14.8 Å². The van der Waals surface area contributed by atoms with E-state index in [1.165, 1.54) is 0 Å². The summed E-state index contributed by atoms with van der Waals surface area (Å²) in [6, 6.07) is 13.1. The van der Waals surface area contributed by atoms with Gasteiger partial charge in [-0.05, 0) is 65.4 Å². The van der Waals surface area contributed by atoms with E-state index in [4.69, 9.17) is 9.47 Å². The van der Waals surface area contributed by atoms with Crippen molar-refractivity contribution in [2.24, 2.45) is 0 Å². The number of benzene rings is 2. The van der Waals surface area contributed by atoms with Gasteiger partial charge in [-0.1, -0.05) is 12.1 Å². The van der Waals surface area contributed by atoms with Gasteiger partial charge >= 0.3 is 0 Å². The van der Waals surface area contributed by atoms with E-state index in [0.29, 0.717) is 18.7 Å². The predicted molar refractivity (Wildman–Crippen MR) is 94.7 cm³/mol. The molecule has 0 saturated heterocycles. The van der Waals surface area contributed by atoms with Crippen LogP contribution < -0.4 is 14.8 Å². The highest BCUT2D eigenvalue weighted by atomic mass is 127. The molecule has 2 aromatic rings. The molecule has 5 heteroatoms.